The average molecular weight is 277 g/mol. The molecule has 1 atom stereocenters. The van der Waals surface area contributed by atoms with E-state index in [1.807, 2.05) is 0 Å². The van der Waals surface area contributed by atoms with Gasteiger partial charge in [-0.05, 0) is 51.1 Å². The van der Waals surface area contributed by atoms with Crippen LogP contribution in [0.5, 0.6) is 0 Å². The van der Waals surface area contributed by atoms with Crippen LogP contribution in [-0.4, -0.2) is 30.2 Å². The van der Waals surface area contributed by atoms with Crippen molar-refractivity contribution in [2.75, 3.05) is 20.2 Å². The molecule has 0 aliphatic heterocycles. The summed E-state index contributed by atoms with van der Waals surface area (Å²) < 4.78 is 5.70. The quantitative estimate of drug-likeness (QED) is 0.868. The molecule has 2 rings (SSSR count). The van der Waals surface area contributed by atoms with E-state index in [2.05, 4.69) is 33.0 Å². The van der Waals surface area contributed by atoms with Gasteiger partial charge in [0.2, 0.25) is 0 Å². The first-order valence-corrected chi connectivity index (χ1v) is 7.65. The molecule has 0 radical (unpaired) electrons. The van der Waals surface area contributed by atoms with Crippen LogP contribution in [0.1, 0.15) is 61.8 Å². The number of rotatable bonds is 6. The summed E-state index contributed by atoms with van der Waals surface area (Å²) in [6, 6.07) is 0. The molecular weight excluding hydrogens is 250 g/mol. The molecule has 4 heteroatoms. The number of hydrogen-bond acceptors (Lipinski definition) is 4. The number of aromatic nitrogens is 2. The summed E-state index contributed by atoms with van der Waals surface area (Å²) in [4.78, 5) is 9.53. The van der Waals surface area contributed by atoms with E-state index in [4.69, 9.17) is 14.7 Å². The molecule has 1 fully saturated rings. The first kappa shape index (κ1) is 15.4. The van der Waals surface area contributed by atoms with Gasteiger partial charge in [-0.3, -0.25) is 0 Å². The summed E-state index contributed by atoms with van der Waals surface area (Å²) in [6.07, 6.45) is 3.28. The second-order valence-corrected chi connectivity index (χ2v) is 5.89. The maximum absolute atomic E-state index is 5.70. The van der Waals surface area contributed by atoms with E-state index >= 15 is 0 Å². The van der Waals surface area contributed by atoms with Crippen LogP contribution in [0.2, 0.25) is 0 Å². The Balaban J connectivity index is 2.29. The first-order chi connectivity index (χ1) is 9.54. The van der Waals surface area contributed by atoms with Crippen molar-refractivity contribution in [3.8, 4) is 0 Å². The van der Waals surface area contributed by atoms with Crippen molar-refractivity contribution in [1.29, 1.82) is 0 Å². The fraction of sp³-hybridized carbons (Fsp3) is 0.750. The van der Waals surface area contributed by atoms with Gasteiger partial charge in [-0.15, -0.1) is 0 Å². The standard InChI is InChI=1S/C16H27N3O/c1-6-17-10-11(2)14-12(3)18-15(19-13(14)4)16(20-5)8-7-9-16/h11,17H,6-10H2,1-5H3. The highest BCUT2D eigenvalue weighted by Gasteiger charge is 2.42. The van der Waals surface area contributed by atoms with Crippen LogP contribution in [0.15, 0.2) is 0 Å². The SMILES string of the molecule is CCNCC(C)c1c(C)nc(C2(OC)CCC2)nc1C. The van der Waals surface area contributed by atoms with Gasteiger partial charge >= 0.3 is 0 Å². The third-order valence-electron chi connectivity index (χ3n) is 4.48. The number of ether oxygens (including phenoxy) is 1. The number of hydrogen-bond donors (Lipinski definition) is 1. The summed E-state index contributed by atoms with van der Waals surface area (Å²) >= 11 is 0. The fourth-order valence-corrected chi connectivity index (χ4v) is 3.12. The molecule has 1 aliphatic carbocycles. The van der Waals surface area contributed by atoms with Gasteiger partial charge in [0.05, 0.1) is 0 Å². The van der Waals surface area contributed by atoms with E-state index in [1.165, 1.54) is 12.0 Å². The summed E-state index contributed by atoms with van der Waals surface area (Å²) in [7, 11) is 1.77. The summed E-state index contributed by atoms with van der Waals surface area (Å²) in [5.41, 5.74) is 3.25. The van der Waals surface area contributed by atoms with Gasteiger partial charge in [0.25, 0.3) is 0 Å². The first-order valence-electron chi connectivity index (χ1n) is 7.65. The molecule has 0 bridgehead atoms. The van der Waals surface area contributed by atoms with Crippen molar-refractivity contribution in [3.63, 3.8) is 0 Å². The lowest BCUT2D eigenvalue weighted by Gasteiger charge is -2.39. The van der Waals surface area contributed by atoms with Gasteiger partial charge in [-0.2, -0.15) is 0 Å². The molecule has 0 spiro atoms. The molecule has 1 heterocycles. The zero-order valence-electron chi connectivity index (χ0n) is 13.4. The second-order valence-electron chi connectivity index (χ2n) is 5.89. The largest absolute Gasteiger partial charge is 0.370 e. The number of methoxy groups -OCH3 is 1. The van der Waals surface area contributed by atoms with E-state index in [0.29, 0.717) is 5.92 Å². The highest BCUT2D eigenvalue weighted by Crippen LogP contribution is 2.43. The molecule has 20 heavy (non-hydrogen) atoms. The molecule has 0 amide bonds. The number of aryl methyl sites for hydroxylation is 2. The lowest BCUT2D eigenvalue weighted by Crippen LogP contribution is -2.38. The molecule has 1 aromatic heterocycles. The van der Waals surface area contributed by atoms with Crippen molar-refractivity contribution in [2.24, 2.45) is 0 Å². The number of nitrogens with one attached hydrogen (secondary N) is 1. The maximum Gasteiger partial charge on any atom is 0.160 e. The molecule has 0 saturated heterocycles. The van der Waals surface area contributed by atoms with E-state index in [9.17, 15) is 0 Å². The predicted molar refractivity (Wildman–Crippen MR) is 81.0 cm³/mol. The zero-order valence-corrected chi connectivity index (χ0v) is 13.4. The molecule has 0 aromatic carbocycles. The lowest BCUT2D eigenvalue weighted by molar-refractivity contribution is -0.0849. The normalized spacial score (nSPS) is 18.6. The smallest absolute Gasteiger partial charge is 0.160 e. The number of likely N-dealkylation sites (N-methyl/N-ethyl adjacent to an activating group) is 1. The van der Waals surface area contributed by atoms with E-state index in [-0.39, 0.29) is 5.60 Å². The molecule has 112 valence electrons. The van der Waals surface area contributed by atoms with Crippen molar-refractivity contribution in [2.45, 2.75) is 58.5 Å². The Morgan fingerprint density at radius 3 is 2.25 bits per heavy atom. The van der Waals surface area contributed by atoms with Gasteiger partial charge in [0, 0.05) is 25.0 Å². The molecule has 1 unspecified atom stereocenters. The summed E-state index contributed by atoms with van der Waals surface area (Å²) in [5, 5.41) is 3.40. The molecule has 1 aliphatic rings. The van der Waals surface area contributed by atoms with Crippen LogP contribution >= 0.6 is 0 Å². The van der Waals surface area contributed by atoms with Crippen LogP contribution in [0.4, 0.5) is 0 Å². The minimum absolute atomic E-state index is 0.223. The molecule has 4 nitrogen and oxygen atoms in total. The monoisotopic (exact) mass is 277 g/mol. The van der Waals surface area contributed by atoms with Crippen LogP contribution < -0.4 is 5.32 Å². The Morgan fingerprint density at radius 2 is 1.85 bits per heavy atom. The minimum atomic E-state index is -0.223. The van der Waals surface area contributed by atoms with Crippen molar-refractivity contribution in [3.05, 3.63) is 22.8 Å². The van der Waals surface area contributed by atoms with E-state index in [0.717, 1.165) is 43.1 Å². The van der Waals surface area contributed by atoms with Crippen LogP contribution in [0.3, 0.4) is 0 Å². The second kappa shape index (κ2) is 6.19. The van der Waals surface area contributed by atoms with Gasteiger partial charge in [0.1, 0.15) is 5.60 Å². The van der Waals surface area contributed by atoms with Crippen molar-refractivity contribution in [1.82, 2.24) is 15.3 Å². The molecule has 1 aromatic rings. The van der Waals surface area contributed by atoms with Gasteiger partial charge in [0.15, 0.2) is 5.82 Å². The fourth-order valence-electron chi connectivity index (χ4n) is 3.12. The van der Waals surface area contributed by atoms with Crippen molar-refractivity contribution < 1.29 is 4.74 Å². The Kier molecular flexibility index (Phi) is 4.76. The topological polar surface area (TPSA) is 47.0 Å². The van der Waals surface area contributed by atoms with E-state index < -0.39 is 0 Å². The van der Waals surface area contributed by atoms with E-state index in [1.54, 1.807) is 7.11 Å². The molecule has 1 saturated carbocycles. The maximum atomic E-state index is 5.70. The predicted octanol–water partition coefficient (Wildman–Crippen LogP) is 2.83. The lowest BCUT2D eigenvalue weighted by atomic mass is 9.79. The third-order valence-corrected chi connectivity index (χ3v) is 4.48. The van der Waals surface area contributed by atoms with Crippen molar-refractivity contribution >= 4 is 0 Å². The summed E-state index contributed by atoms with van der Waals surface area (Å²) in [5.74, 6) is 1.31. The zero-order chi connectivity index (χ0) is 14.8. The van der Waals surface area contributed by atoms with Gasteiger partial charge in [-0.25, -0.2) is 9.97 Å². The Bertz CT molecular complexity index is 440. The van der Waals surface area contributed by atoms with Crippen LogP contribution in [0, 0.1) is 13.8 Å². The Labute approximate surface area is 122 Å². The number of nitrogens with zero attached hydrogens (tertiary/aromatic N) is 2. The molecule has 1 N–H and O–H groups in total. The minimum Gasteiger partial charge on any atom is -0.370 e. The Morgan fingerprint density at radius 1 is 1.25 bits per heavy atom. The van der Waals surface area contributed by atoms with Crippen LogP contribution in [0.25, 0.3) is 0 Å². The van der Waals surface area contributed by atoms with Crippen LogP contribution in [-0.2, 0) is 10.3 Å². The third kappa shape index (κ3) is 2.72. The summed E-state index contributed by atoms with van der Waals surface area (Å²) in [6.45, 7) is 10.5. The van der Waals surface area contributed by atoms with Gasteiger partial charge in [-0.1, -0.05) is 13.8 Å². The Hall–Kier alpha value is -1.00. The highest BCUT2D eigenvalue weighted by atomic mass is 16.5. The molecular formula is C16H27N3O. The average Bonchev–Trinajstić information content (AvgIpc) is 2.35. The highest BCUT2D eigenvalue weighted by molar-refractivity contribution is 5.30. The van der Waals surface area contributed by atoms with Gasteiger partial charge < -0.3 is 10.1 Å².